The zero-order chi connectivity index (χ0) is 19.8. The highest BCUT2D eigenvalue weighted by molar-refractivity contribution is 5.79. The topological polar surface area (TPSA) is 85.6 Å². The predicted octanol–water partition coefficient (Wildman–Crippen LogP) is 1.59. The van der Waals surface area contributed by atoms with Crippen LogP contribution >= 0.6 is 0 Å². The minimum atomic E-state index is 0.102. The number of para-hydroxylation sites is 1. The number of aryl methyl sites for hydroxylation is 1. The van der Waals surface area contributed by atoms with Gasteiger partial charge in [0.25, 0.3) is 0 Å². The number of hydrogen-bond donors (Lipinski definition) is 2. The Labute approximate surface area is 166 Å². The van der Waals surface area contributed by atoms with Gasteiger partial charge in [-0.3, -0.25) is 0 Å². The maximum absolute atomic E-state index is 6.01. The molecule has 2 heterocycles. The minimum Gasteiger partial charge on any atom is -0.488 e. The Morgan fingerprint density at radius 2 is 2.18 bits per heavy atom. The van der Waals surface area contributed by atoms with E-state index < -0.39 is 0 Å². The van der Waals surface area contributed by atoms with Crippen molar-refractivity contribution in [1.82, 2.24) is 25.4 Å². The van der Waals surface area contributed by atoms with E-state index in [1.807, 2.05) is 43.7 Å². The molecule has 2 N–H and O–H groups in total. The lowest BCUT2D eigenvalue weighted by atomic mass is 10.1. The van der Waals surface area contributed by atoms with Crippen LogP contribution < -0.4 is 15.4 Å². The fraction of sp³-hybridized carbons (Fsp3) is 0.550. The summed E-state index contributed by atoms with van der Waals surface area (Å²) in [5, 5.41) is 15.0. The summed E-state index contributed by atoms with van der Waals surface area (Å²) in [6.45, 7) is 7.35. The minimum absolute atomic E-state index is 0.102. The smallest absolute Gasteiger partial charge is 0.191 e. The summed E-state index contributed by atoms with van der Waals surface area (Å²) in [7, 11) is 1.95. The number of aliphatic imine (C=N–C) groups is 1. The Hall–Kier alpha value is -2.61. The number of guanidine groups is 1. The van der Waals surface area contributed by atoms with E-state index in [0.29, 0.717) is 13.1 Å². The number of aromatic nitrogens is 3. The van der Waals surface area contributed by atoms with Crippen LogP contribution in [0, 0.1) is 6.92 Å². The van der Waals surface area contributed by atoms with Crippen LogP contribution in [0.2, 0.25) is 0 Å². The van der Waals surface area contributed by atoms with Gasteiger partial charge in [-0.1, -0.05) is 18.2 Å². The van der Waals surface area contributed by atoms with Crippen molar-refractivity contribution >= 4 is 5.96 Å². The third-order valence-corrected chi connectivity index (χ3v) is 4.73. The Morgan fingerprint density at radius 1 is 1.32 bits per heavy atom. The van der Waals surface area contributed by atoms with Gasteiger partial charge in [-0.05, 0) is 31.9 Å². The molecule has 28 heavy (non-hydrogen) atoms. The second-order valence-electron chi connectivity index (χ2n) is 6.80. The number of rotatable bonds is 9. The first kappa shape index (κ1) is 20.1. The molecule has 0 fully saturated rings. The number of ether oxygens (including phenoxy) is 2. The van der Waals surface area contributed by atoms with Crippen molar-refractivity contribution in [3.05, 3.63) is 41.5 Å². The first-order valence-electron chi connectivity index (χ1n) is 9.86. The monoisotopic (exact) mass is 386 g/mol. The molecule has 0 spiro atoms. The van der Waals surface area contributed by atoms with Gasteiger partial charge in [0.15, 0.2) is 11.8 Å². The molecular weight excluding hydrogens is 356 g/mol. The van der Waals surface area contributed by atoms with Crippen LogP contribution in [0.1, 0.15) is 30.6 Å². The molecule has 0 aliphatic carbocycles. The summed E-state index contributed by atoms with van der Waals surface area (Å²) in [4.78, 5) is 4.67. The molecule has 0 radical (unpaired) electrons. The number of benzene rings is 1. The van der Waals surface area contributed by atoms with Crippen LogP contribution in [0.3, 0.4) is 0 Å². The molecule has 1 aliphatic rings. The summed E-state index contributed by atoms with van der Waals surface area (Å²) < 4.78 is 13.4. The lowest BCUT2D eigenvalue weighted by molar-refractivity contribution is 0.145. The molecule has 1 atom stereocenters. The standard InChI is InChI=1S/C20H30N6O2/c1-4-27-11-7-10-21-20(23-14-19-25-24-15(2)26(19)3)22-13-17-12-16-8-5-6-9-18(16)28-17/h5-6,8-9,17H,4,7,10-14H2,1-3H3,(H2,21,22,23). The van der Waals surface area contributed by atoms with Crippen molar-refractivity contribution in [3.63, 3.8) is 0 Å². The number of hydrogen-bond acceptors (Lipinski definition) is 5. The van der Waals surface area contributed by atoms with Crippen LogP contribution in [0.25, 0.3) is 0 Å². The third kappa shape index (κ3) is 5.45. The number of fused-ring (bicyclic) bond motifs is 1. The third-order valence-electron chi connectivity index (χ3n) is 4.73. The molecular formula is C20H30N6O2. The van der Waals surface area contributed by atoms with Crippen LogP contribution in [-0.4, -0.2) is 53.1 Å². The molecule has 0 saturated heterocycles. The van der Waals surface area contributed by atoms with Gasteiger partial charge in [-0.25, -0.2) is 4.99 Å². The number of nitrogens with one attached hydrogen (secondary N) is 2. The van der Waals surface area contributed by atoms with Gasteiger partial charge in [-0.15, -0.1) is 10.2 Å². The molecule has 0 amide bonds. The Kier molecular flexibility index (Phi) is 7.25. The Bertz CT molecular complexity index is 764. The van der Waals surface area contributed by atoms with Gasteiger partial charge in [0, 0.05) is 33.2 Å². The van der Waals surface area contributed by atoms with E-state index in [4.69, 9.17) is 9.47 Å². The van der Waals surface area contributed by atoms with Crippen LogP contribution in [0.15, 0.2) is 29.3 Å². The highest BCUT2D eigenvalue weighted by Crippen LogP contribution is 2.27. The normalized spacial score (nSPS) is 16.0. The van der Waals surface area contributed by atoms with Crippen molar-refractivity contribution in [1.29, 1.82) is 0 Å². The van der Waals surface area contributed by atoms with Gasteiger partial charge in [0.1, 0.15) is 24.2 Å². The molecule has 1 unspecified atom stereocenters. The summed E-state index contributed by atoms with van der Waals surface area (Å²) in [6.07, 6.45) is 1.93. The van der Waals surface area contributed by atoms with Gasteiger partial charge < -0.3 is 24.7 Å². The average molecular weight is 387 g/mol. The molecule has 8 nitrogen and oxygen atoms in total. The molecule has 1 aromatic carbocycles. The predicted molar refractivity (Wildman–Crippen MR) is 109 cm³/mol. The molecule has 8 heteroatoms. The van der Waals surface area contributed by atoms with Crippen molar-refractivity contribution in [2.75, 3.05) is 26.3 Å². The average Bonchev–Trinajstić information content (AvgIpc) is 3.26. The van der Waals surface area contributed by atoms with Gasteiger partial charge in [0.05, 0.1) is 6.54 Å². The molecule has 2 aromatic rings. The lowest BCUT2D eigenvalue weighted by Gasteiger charge is -2.16. The van der Waals surface area contributed by atoms with E-state index in [0.717, 1.165) is 56.0 Å². The summed E-state index contributed by atoms with van der Waals surface area (Å²) in [5.74, 6) is 3.43. The van der Waals surface area contributed by atoms with Crippen molar-refractivity contribution < 1.29 is 9.47 Å². The van der Waals surface area contributed by atoms with Crippen molar-refractivity contribution in [2.24, 2.45) is 12.0 Å². The zero-order valence-electron chi connectivity index (χ0n) is 16.9. The first-order chi connectivity index (χ1) is 13.7. The molecule has 152 valence electrons. The Morgan fingerprint density at radius 3 is 2.93 bits per heavy atom. The SMILES string of the molecule is CCOCCCNC(=NCc1nnc(C)n1C)NCC1Cc2ccccc2O1. The molecule has 1 aromatic heterocycles. The second kappa shape index (κ2) is 10.1. The van der Waals surface area contributed by atoms with E-state index in [1.165, 1.54) is 5.56 Å². The van der Waals surface area contributed by atoms with Crippen LogP contribution in [-0.2, 0) is 24.8 Å². The quantitative estimate of drug-likeness (QED) is 0.387. The summed E-state index contributed by atoms with van der Waals surface area (Å²) >= 11 is 0. The molecule has 3 rings (SSSR count). The number of nitrogens with zero attached hydrogens (tertiary/aromatic N) is 4. The van der Waals surface area contributed by atoms with Crippen molar-refractivity contribution in [3.8, 4) is 5.75 Å². The van der Waals surface area contributed by atoms with E-state index in [-0.39, 0.29) is 6.10 Å². The fourth-order valence-electron chi connectivity index (χ4n) is 3.02. The van der Waals surface area contributed by atoms with Crippen molar-refractivity contribution in [2.45, 2.75) is 39.3 Å². The largest absolute Gasteiger partial charge is 0.488 e. The zero-order valence-corrected chi connectivity index (χ0v) is 16.9. The second-order valence-corrected chi connectivity index (χ2v) is 6.80. The van der Waals surface area contributed by atoms with Gasteiger partial charge in [-0.2, -0.15) is 0 Å². The van der Waals surface area contributed by atoms with Crippen LogP contribution in [0.4, 0.5) is 0 Å². The summed E-state index contributed by atoms with van der Waals surface area (Å²) in [5.41, 5.74) is 1.26. The van der Waals surface area contributed by atoms with E-state index in [9.17, 15) is 0 Å². The molecule has 1 aliphatic heterocycles. The Balaban J connectivity index is 1.54. The molecule has 0 saturated carbocycles. The van der Waals surface area contributed by atoms with E-state index >= 15 is 0 Å². The maximum atomic E-state index is 6.01. The fourth-order valence-corrected chi connectivity index (χ4v) is 3.02. The van der Waals surface area contributed by atoms with E-state index in [2.05, 4.69) is 31.9 Å². The lowest BCUT2D eigenvalue weighted by Crippen LogP contribution is -2.42. The van der Waals surface area contributed by atoms with Crippen LogP contribution in [0.5, 0.6) is 5.75 Å². The highest BCUT2D eigenvalue weighted by atomic mass is 16.5. The first-order valence-corrected chi connectivity index (χ1v) is 9.86. The van der Waals surface area contributed by atoms with Gasteiger partial charge >= 0.3 is 0 Å². The maximum Gasteiger partial charge on any atom is 0.191 e. The molecule has 0 bridgehead atoms. The highest BCUT2D eigenvalue weighted by Gasteiger charge is 2.22. The van der Waals surface area contributed by atoms with Gasteiger partial charge in [0.2, 0.25) is 0 Å². The summed E-state index contributed by atoms with van der Waals surface area (Å²) in [6, 6.07) is 8.19. The van der Waals surface area contributed by atoms with E-state index in [1.54, 1.807) is 0 Å².